The van der Waals surface area contributed by atoms with Crippen molar-refractivity contribution in [2.24, 2.45) is 7.05 Å². The maximum atomic E-state index is 12.9. The molecular weight excluding hydrogens is 448 g/mol. The van der Waals surface area contributed by atoms with Crippen LogP contribution in [0.15, 0.2) is 60.0 Å². The number of rotatable bonds is 8. The number of sulfonamides is 1. The fourth-order valence-corrected chi connectivity index (χ4v) is 4.52. The number of thioether (sulfide) groups is 1. The van der Waals surface area contributed by atoms with E-state index >= 15 is 0 Å². The number of aryl methyl sites for hydroxylation is 2. The first-order valence-corrected chi connectivity index (χ1v) is 12.6. The molecule has 0 spiro atoms. The van der Waals surface area contributed by atoms with Gasteiger partial charge in [-0.2, -0.15) is 20.2 Å². The van der Waals surface area contributed by atoms with Crippen molar-refractivity contribution < 1.29 is 13.5 Å². The SMILES string of the molecule is CSCCc1ccc(O)cc1Nc1nc2ccccc2nc1NS(=O)(=O)c1cn(C)cn1. The first kappa shape index (κ1) is 21.9. The Hall–Kier alpha value is -3.31. The molecule has 0 unspecified atom stereocenters. The average molecular weight is 471 g/mol. The summed E-state index contributed by atoms with van der Waals surface area (Å²) in [6, 6.07) is 12.2. The Morgan fingerprint density at radius 2 is 1.81 bits per heavy atom. The third kappa shape index (κ3) is 4.78. The van der Waals surface area contributed by atoms with Gasteiger partial charge in [0.05, 0.1) is 17.4 Å². The van der Waals surface area contributed by atoms with Gasteiger partial charge in [-0.1, -0.05) is 18.2 Å². The molecule has 0 saturated carbocycles. The second kappa shape index (κ2) is 9.05. The Labute approximate surface area is 190 Å². The van der Waals surface area contributed by atoms with E-state index in [4.69, 9.17) is 0 Å². The Morgan fingerprint density at radius 1 is 1.09 bits per heavy atom. The van der Waals surface area contributed by atoms with Crippen molar-refractivity contribution in [2.75, 3.05) is 22.0 Å². The van der Waals surface area contributed by atoms with E-state index in [1.165, 1.54) is 12.5 Å². The van der Waals surface area contributed by atoms with E-state index in [0.29, 0.717) is 16.7 Å². The van der Waals surface area contributed by atoms with E-state index in [1.54, 1.807) is 53.7 Å². The van der Waals surface area contributed by atoms with Gasteiger partial charge < -0.3 is 15.0 Å². The van der Waals surface area contributed by atoms with Gasteiger partial charge in [0.15, 0.2) is 16.7 Å². The number of nitrogens with one attached hydrogen (secondary N) is 2. The van der Waals surface area contributed by atoms with Crippen LogP contribution in [0.25, 0.3) is 11.0 Å². The van der Waals surface area contributed by atoms with Gasteiger partial charge in [-0.05, 0) is 42.2 Å². The molecular formula is C21H22N6O3S2. The van der Waals surface area contributed by atoms with Crippen LogP contribution in [0.4, 0.5) is 17.3 Å². The number of fused-ring (bicyclic) bond motifs is 1. The summed E-state index contributed by atoms with van der Waals surface area (Å²) in [4.78, 5) is 13.0. The second-order valence-electron chi connectivity index (χ2n) is 7.10. The van der Waals surface area contributed by atoms with E-state index in [0.717, 1.165) is 17.7 Å². The van der Waals surface area contributed by atoms with Crippen molar-refractivity contribution >= 4 is 50.1 Å². The second-order valence-corrected chi connectivity index (χ2v) is 9.72. The predicted octanol–water partition coefficient (Wildman–Crippen LogP) is 3.52. The lowest BCUT2D eigenvalue weighted by atomic mass is 10.1. The minimum atomic E-state index is -3.99. The number of para-hydroxylation sites is 2. The number of hydrogen-bond acceptors (Lipinski definition) is 8. The fraction of sp³-hybridized carbons (Fsp3) is 0.190. The van der Waals surface area contributed by atoms with Crippen LogP contribution >= 0.6 is 11.8 Å². The highest BCUT2D eigenvalue weighted by Crippen LogP contribution is 2.30. The molecule has 11 heteroatoms. The summed E-state index contributed by atoms with van der Waals surface area (Å²) in [5.74, 6) is 1.24. The minimum absolute atomic E-state index is 0.0357. The quantitative estimate of drug-likeness (QED) is 0.358. The fourth-order valence-electron chi connectivity index (χ4n) is 3.10. The lowest BCUT2D eigenvalue weighted by molar-refractivity contribution is 0.475. The first-order valence-electron chi connectivity index (χ1n) is 9.71. The maximum absolute atomic E-state index is 12.9. The summed E-state index contributed by atoms with van der Waals surface area (Å²) in [6.45, 7) is 0. The molecule has 0 aliphatic carbocycles. The van der Waals surface area contributed by atoms with Crippen LogP contribution in [0, 0.1) is 0 Å². The average Bonchev–Trinajstić information content (AvgIpc) is 3.21. The van der Waals surface area contributed by atoms with Crippen molar-refractivity contribution in [3.05, 3.63) is 60.6 Å². The monoisotopic (exact) mass is 470 g/mol. The third-order valence-electron chi connectivity index (χ3n) is 4.68. The molecule has 0 fully saturated rings. The number of phenolic OH excluding ortho intramolecular Hbond substituents is 1. The van der Waals surface area contributed by atoms with E-state index in [-0.39, 0.29) is 22.4 Å². The van der Waals surface area contributed by atoms with E-state index in [1.807, 2.05) is 18.4 Å². The molecule has 2 heterocycles. The molecule has 0 radical (unpaired) electrons. The van der Waals surface area contributed by atoms with Crippen molar-refractivity contribution in [1.29, 1.82) is 0 Å². The highest BCUT2D eigenvalue weighted by molar-refractivity contribution is 7.98. The van der Waals surface area contributed by atoms with Crippen LogP contribution in [0.2, 0.25) is 0 Å². The predicted molar refractivity (Wildman–Crippen MR) is 127 cm³/mol. The number of imidazole rings is 1. The number of benzene rings is 2. The maximum Gasteiger partial charge on any atom is 0.282 e. The standard InChI is InChI=1S/C21H22N6O3S2/c1-27-12-19(22-13-27)32(29,30)26-21-20(23-16-5-3-4-6-17(16)24-21)25-18-11-15(28)8-7-14(18)9-10-31-2/h3-8,11-13,28H,9-10H2,1-2H3,(H,23,25)(H,24,26). The van der Waals surface area contributed by atoms with Crippen molar-refractivity contribution in [1.82, 2.24) is 19.5 Å². The number of aromatic nitrogens is 4. The molecule has 0 saturated heterocycles. The largest absolute Gasteiger partial charge is 0.508 e. The number of anilines is 3. The van der Waals surface area contributed by atoms with Crippen molar-refractivity contribution in [3.8, 4) is 5.75 Å². The van der Waals surface area contributed by atoms with Crippen LogP contribution in [-0.2, 0) is 23.5 Å². The molecule has 32 heavy (non-hydrogen) atoms. The smallest absolute Gasteiger partial charge is 0.282 e. The van der Waals surface area contributed by atoms with Crippen molar-refractivity contribution in [2.45, 2.75) is 11.4 Å². The van der Waals surface area contributed by atoms with Gasteiger partial charge >= 0.3 is 0 Å². The summed E-state index contributed by atoms with van der Waals surface area (Å²) in [5.41, 5.74) is 2.73. The van der Waals surface area contributed by atoms with Crippen LogP contribution < -0.4 is 10.0 Å². The third-order valence-corrected chi connectivity index (χ3v) is 6.52. The van der Waals surface area contributed by atoms with Gasteiger partial charge in [-0.3, -0.25) is 4.72 Å². The number of aromatic hydroxyl groups is 1. The topological polar surface area (TPSA) is 122 Å². The molecule has 3 N–H and O–H groups in total. The molecule has 0 aliphatic heterocycles. The Kier molecular flexibility index (Phi) is 6.19. The first-order chi connectivity index (χ1) is 15.4. The number of nitrogens with zero attached hydrogens (tertiary/aromatic N) is 4. The highest BCUT2D eigenvalue weighted by atomic mass is 32.2. The lowest BCUT2D eigenvalue weighted by Crippen LogP contribution is -2.16. The normalized spacial score (nSPS) is 11.6. The van der Waals surface area contributed by atoms with Gasteiger partial charge in [0.25, 0.3) is 10.0 Å². The van der Waals surface area contributed by atoms with Gasteiger partial charge in [0, 0.05) is 25.0 Å². The van der Waals surface area contributed by atoms with Crippen LogP contribution in [0.1, 0.15) is 5.56 Å². The number of hydrogen-bond donors (Lipinski definition) is 3. The van der Waals surface area contributed by atoms with E-state index in [9.17, 15) is 13.5 Å². The van der Waals surface area contributed by atoms with Crippen LogP contribution in [0.5, 0.6) is 5.75 Å². The van der Waals surface area contributed by atoms with E-state index in [2.05, 4.69) is 25.0 Å². The zero-order valence-corrected chi connectivity index (χ0v) is 19.1. The molecule has 4 aromatic rings. The molecule has 0 bridgehead atoms. The molecule has 9 nitrogen and oxygen atoms in total. The van der Waals surface area contributed by atoms with Gasteiger partial charge in [0.2, 0.25) is 0 Å². The summed E-state index contributed by atoms with van der Waals surface area (Å²) in [5, 5.41) is 13.1. The van der Waals surface area contributed by atoms with Gasteiger partial charge in [-0.25, -0.2) is 15.0 Å². The molecule has 2 aromatic carbocycles. The summed E-state index contributed by atoms with van der Waals surface area (Å²) in [7, 11) is -2.30. The molecule has 0 atom stereocenters. The summed E-state index contributed by atoms with van der Waals surface area (Å²) in [6.07, 6.45) is 5.59. The Bertz CT molecular complexity index is 1370. The van der Waals surface area contributed by atoms with Crippen LogP contribution in [0.3, 0.4) is 0 Å². The molecule has 2 aromatic heterocycles. The summed E-state index contributed by atoms with van der Waals surface area (Å²) < 4.78 is 29.8. The van der Waals surface area contributed by atoms with Gasteiger partial charge in [-0.15, -0.1) is 0 Å². The minimum Gasteiger partial charge on any atom is -0.508 e. The lowest BCUT2D eigenvalue weighted by Gasteiger charge is -2.16. The molecule has 0 aliphatic rings. The highest BCUT2D eigenvalue weighted by Gasteiger charge is 2.21. The van der Waals surface area contributed by atoms with Crippen molar-refractivity contribution in [3.63, 3.8) is 0 Å². The number of phenols is 1. The zero-order chi connectivity index (χ0) is 22.7. The van der Waals surface area contributed by atoms with Gasteiger partial charge in [0.1, 0.15) is 5.75 Å². The Balaban J connectivity index is 1.78. The summed E-state index contributed by atoms with van der Waals surface area (Å²) >= 11 is 1.71. The molecule has 4 rings (SSSR count). The molecule has 0 amide bonds. The Morgan fingerprint density at radius 3 is 2.47 bits per heavy atom. The zero-order valence-electron chi connectivity index (χ0n) is 17.5. The van der Waals surface area contributed by atoms with E-state index < -0.39 is 10.0 Å². The van der Waals surface area contributed by atoms with Crippen LogP contribution in [-0.4, -0.2) is 45.1 Å². The molecule has 166 valence electrons.